The second-order valence-corrected chi connectivity index (χ2v) is 5.23. The van der Waals surface area contributed by atoms with E-state index in [4.69, 9.17) is 0 Å². The van der Waals surface area contributed by atoms with Gasteiger partial charge >= 0.3 is 0 Å². The lowest BCUT2D eigenvalue weighted by molar-refractivity contribution is -0.121. The van der Waals surface area contributed by atoms with Crippen molar-refractivity contribution in [1.29, 1.82) is 0 Å². The number of rotatable bonds is 7. The Labute approximate surface area is 116 Å². The Morgan fingerprint density at radius 1 is 1.37 bits per heavy atom. The summed E-state index contributed by atoms with van der Waals surface area (Å²) < 4.78 is 13.3. The molecule has 1 aromatic rings. The molecule has 0 bridgehead atoms. The summed E-state index contributed by atoms with van der Waals surface area (Å²) >= 11 is 1.08. The van der Waals surface area contributed by atoms with E-state index in [1.165, 1.54) is 6.07 Å². The summed E-state index contributed by atoms with van der Waals surface area (Å²) in [5, 5.41) is 21.0. The monoisotopic (exact) mass is 287 g/mol. The number of aliphatic hydroxyl groups is 2. The fourth-order valence-corrected chi connectivity index (χ4v) is 2.22. The summed E-state index contributed by atoms with van der Waals surface area (Å²) in [4.78, 5) is 12.1. The smallest absolute Gasteiger partial charge is 0.230 e. The first-order valence-corrected chi connectivity index (χ1v) is 6.95. The molecule has 3 N–H and O–H groups in total. The van der Waals surface area contributed by atoms with E-state index in [1.54, 1.807) is 25.1 Å². The van der Waals surface area contributed by atoms with E-state index in [2.05, 4.69) is 5.32 Å². The van der Waals surface area contributed by atoms with Crippen molar-refractivity contribution < 1.29 is 19.4 Å². The average Bonchev–Trinajstić information content (AvgIpc) is 2.44. The van der Waals surface area contributed by atoms with Crippen molar-refractivity contribution in [1.82, 2.24) is 5.32 Å². The van der Waals surface area contributed by atoms with Crippen molar-refractivity contribution >= 4 is 17.7 Å². The molecule has 6 heteroatoms. The van der Waals surface area contributed by atoms with Crippen molar-refractivity contribution in [3.8, 4) is 0 Å². The predicted molar refractivity (Wildman–Crippen MR) is 72.5 cm³/mol. The molecule has 1 rings (SSSR count). The third-order valence-corrected chi connectivity index (χ3v) is 3.93. The highest BCUT2D eigenvalue weighted by Crippen LogP contribution is 2.21. The predicted octanol–water partition coefficient (Wildman–Crippen LogP) is 1.17. The fraction of sp³-hybridized carbons (Fsp3) is 0.462. The first-order chi connectivity index (χ1) is 9.06. The van der Waals surface area contributed by atoms with Crippen LogP contribution in [0.3, 0.4) is 0 Å². The van der Waals surface area contributed by atoms with Crippen molar-refractivity contribution in [2.75, 3.05) is 19.0 Å². The molecule has 0 atom stereocenters. The molecule has 0 saturated carbocycles. The van der Waals surface area contributed by atoms with Crippen molar-refractivity contribution in [2.45, 2.75) is 23.8 Å². The average molecular weight is 287 g/mol. The number of benzene rings is 1. The minimum absolute atomic E-state index is 0.0304. The van der Waals surface area contributed by atoms with Gasteiger partial charge < -0.3 is 15.5 Å². The Hall–Kier alpha value is -1.11. The van der Waals surface area contributed by atoms with E-state index in [9.17, 15) is 19.4 Å². The Bertz CT molecular complexity index is 416. The summed E-state index contributed by atoms with van der Waals surface area (Å²) in [5.74, 6) is -0.688. The van der Waals surface area contributed by atoms with Crippen LogP contribution in [0.4, 0.5) is 4.39 Å². The van der Waals surface area contributed by atoms with Crippen LogP contribution >= 0.6 is 11.8 Å². The van der Waals surface area contributed by atoms with Crippen LogP contribution in [0.1, 0.15) is 13.3 Å². The van der Waals surface area contributed by atoms with E-state index in [0.717, 1.165) is 11.8 Å². The molecule has 0 heterocycles. The van der Waals surface area contributed by atoms with Crippen LogP contribution in [0.15, 0.2) is 29.2 Å². The molecule has 4 nitrogen and oxygen atoms in total. The van der Waals surface area contributed by atoms with Crippen LogP contribution in [-0.2, 0) is 4.79 Å². The molecule has 19 heavy (non-hydrogen) atoms. The highest BCUT2D eigenvalue weighted by molar-refractivity contribution is 8.00. The van der Waals surface area contributed by atoms with Gasteiger partial charge in [0.05, 0.1) is 24.5 Å². The first kappa shape index (κ1) is 15.9. The van der Waals surface area contributed by atoms with E-state index in [-0.39, 0.29) is 30.7 Å². The van der Waals surface area contributed by atoms with Crippen LogP contribution in [-0.4, -0.2) is 40.6 Å². The number of nitrogens with one attached hydrogen (secondary N) is 1. The van der Waals surface area contributed by atoms with Crippen LogP contribution in [0.2, 0.25) is 0 Å². The molecule has 106 valence electrons. The lowest BCUT2D eigenvalue weighted by Gasteiger charge is -2.29. The molecule has 1 aromatic carbocycles. The summed E-state index contributed by atoms with van der Waals surface area (Å²) in [7, 11) is 0. The Balaban J connectivity index is 2.54. The quantitative estimate of drug-likeness (QED) is 0.658. The van der Waals surface area contributed by atoms with Gasteiger partial charge in [0, 0.05) is 4.90 Å². The van der Waals surface area contributed by atoms with Crippen LogP contribution < -0.4 is 5.32 Å². The second kappa shape index (κ2) is 7.47. The fourth-order valence-electron chi connectivity index (χ4n) is 1.48. The van der Waals surface area contributed by atoms with Gasteiger partial charge in [0.2, 0.25) is 5.91 Å². The molecule has 0 fully saturated rings. The standard InChI is InChI=1S/C13H18FNO3S/c1-2-13(8-16,9-17)15-12(18)7-19-11-6-4-3-5-10(11)14/h3-6,16-17H,2,7-9H2,1H3,(H,15,18). The van der Waals surface area contributed by atoms with Gasteiger partial charge in [0.15, 0.2) is 0 Å². The molecule has 1 amide bonds. The first-order valence-electron chi connectivity index (χ1n) is 5.97. The Morgan fingerprint density at radius 3 is 2.53 bits per heavy atom. The summed E-state index contributed by atoms with van der Waals surface area (Å²) in [6, 6.07) is 6.21. The van der Waals surface area contributed by atoms with Gasteiger partial charge in [0.25, 0.3) is 0 Å². The highest BCUT2D eigenvalue weighted by atomic mass is 32.2. The molecular weight excluding hydrogens is 269 g/mol. The van der Waals surface area contributed by atoms with Crippen LogP contribution in [0.25, 0.3) is 0 Å². The molecule has 0 saturated heterocycles. The minimum Gasteiger partial charge on any atom is -0.394 e. The van der Waals surface area contributed by atoms with Crippen molar-refractivity contribution in [3.63, 3.8) is 0 Å². The van der Waals surface area contributed by atoms with Gasteiger partial charge in [-0.3, -0.25) is 4.79 Å². The number of hydrogen-bond donors (Lipinski definition) is 3. The normalized spacial score (nSPS) is 11.4. The summed E-state index contributed by atoms with van der Waals surface area (Å²) in [6.45, 7) is 1.09. The van der Waals surface area contributed by atoms with Crippen LogP contribution in [0, 0.1) is 5.82 Å². The maximum atomic E-state index is 13.3. The van der Waals surface area contributed by atoms with Gasteiger partial charge in [-0.25, -0.2) is 4.39 Å². The maximum absolute atomic E-state index is 13.3. The van der Waals surface area contributed by atoms with Gasteiger partial charge in [-0.05, 0) is 18.6 Å². The number of carbonyl (C=O) groups is 1. The minimum atomic E-state index is -1.01. The van der Waals surface area contributed by atoms with E-state index in [0.29, 0.717) is 11.3 Å². The maximum Gasteiger partial charge on any atom is 0.230 e. The zero-order chi connectivity index (χ0) is 14.3. The Kier molecular flexibility index (Phi) is 6.27. The van der Waals surface area contributed by atoms with Gasteiger partial charge in [-0.2, -0.15) is 0 Å². The van der Waals surface area contributed by atoms with Gasteiger partial charge in [0.1, 0.15) is 5.82 Å². The van der Waals surface area contributed by atoms with E-state index < -0.39 is 5.54 Å². The van der Waals surface area contributed by atoms with Crippen molar-refractivity contribution in [3.05, 3.63) is 30.1 Å². The molecule has 0 aromatic heterocycles. The van der Waals surface area contributed by atoms with Gasteiger partial charge in [-0.15, -0.1) is 11.8 Å². The highest BCUT2D eigenvalue weighted by Gasteiger charge is 2.28. The summed E-state index contributed by atoms with van der Waals surface area (Å²) in [6.07, 6.45) is 0.413. The number of hydrogen-bond acceptors (Lipinski definition) is 4. The van der Waals surface area contributed by atoms with E-state index in [1.807, 2.05) is 0 Å². The summed E-state index contributed by atoms with van der Waals surface area (Å²) in [5.41, 5.74) is -1.01. The number of thioether (sulfide) groups is 1. The molecule has 0 aliphatic heterocycles. The lowest BCUT2D eigenvalue weighted by atomic mass is 9.99. The number of carbonyl (C=O) groups excluding carboxylic acids is 1. The van der Waals surface area contributed by atoms with E-state index >= 15 is 0 Å². The number of halogens is 1. The SMILES string of the molecule is CCC(CO)(CO)NC(=O)CSc1ccccc1F. The zero-order valence-corrected chi connectivity index (χ0v) is 11.5. The Morgan fingerprint density at radius 2 is 2.00 bits per heavy atom. The van der Waals surface area contributed by atoms with Crippen LogP contribution in [0.5, 0.6) is 0 Å². The third-order valence-electron chi connectivity index (χ3n) is 2.88. The topological polar surface area (TPSA) is 69.6 Å². The number of aliphatic hydroxyl groups excluding tert-OH is 2. The molecule has 0 radical (unpaired) electrons. The van der Waals surface area contributed by atoms with Crippen molar-refractivity contribution in [2.24, 2.45) is 0 Å². The largest absolute Gasteiger partial charge is 0.394 e. The molecule has 0 aliphatic rings. The number of amides is 1. The zero-order valence-electron chi connectivity index (χ0n) is 10.7. The molecule has 0 spiro atoms. The van der Waals surface area contributed by atoms with Gasteiger partial charge in [-0.1, -0.05) is 19.1 Å². The lowest BCUT2D eigenvalue weighted by Crippen LogP contribution is -2.54. The molecular formula is C13H18FNO3S. The third kappa shape index (κ3) is 4.49. The molecule has 0 unspecified atom stereocenters. The molecule has 0 aliphatic carbocycles. The second-order valence-electron chi connectivity index (χ2n) is 4.22.